The molecular weight excluding hydrogens is 629 g/mol. The number of fused-ring (bicyclic) bond motifs is 3. The van der Waals surface area contributed by atoms with E-state index in [1.54, 1.807) is 14.1 Å². The van der Waals surface area contributed by atoms with E-state index in [9.17, 15) is 34.8 Å². The van der Waals surface area contributed by atoms with Crippen molar-refractivity contribution in [2.45, 2.75) is 24.5 Å². The molecule has 5 rings (SSSR count). The Hall–Kier alpha value is -3.42. The van der Waals surface area contributed by atoms with E-state index in [0.29, 0.717) is 16.7 Å². The number of aliphatic hydroxyl groups is 3. The highest BCUT2D eigenvalue weighted by molar-refractivity contribution is 14.1. The first-order chi connectivity index (χ1) is 18.7. The smallest absolute Gasteiger partial charge is 0.255 e. The summed E-state index contributed by atoms with van der Waals surface area (Å²) in [5, 5.41) is 45.9. The van der Waals surface area contributed by atoms with Gasteiger partial charge in [0.1, 0.15) is 22.8 Å². The van der Waals surface area contributed by atoms with E-state index in [-0.39, 0.29) is 29.7 Å². The zero-order valence-corrected chi connectivity index (χ0v) is 24.6. The van der Waals surface area contributed by atoms with Crippen molar-refractivity contribution in [1.82, 2.24) is 4.90 Å². The van der Waals surface area contributed by atoms with Crippen LogP contribution >= 0.6 is 22.6 Å². The topological polar surface area (TPSA) is 165 Å². The molecular formula is C29H30IN3O7. The lowest BCUT2D eigenvalue weighted by atomic mass is 9.57. The van der Waals surface area contributed by atoms with E-state index in [0.717, 1.165) is 9.26 Å². The van der Waals surface area contributed by atoms with Crippen molar-refractivity contribution in [3.63, 3.8) is 0 Å². The molecule has 10 nitrogen and oxygen atoms in total. The quantitative estimate of drug-likeness (QED) is 0.245. The summed E-state index contributed by atoms with van der Waals surface area (Å²) in [5.41, 5.74) is 4.26. The molecule has 0 unspecified atom stereocenters. The van der Waals surface area contributed by atoms with Crippen LogP contribution in [0.4, 0.5) is 5.69 Å². The highest BCUT2D eigenvalue weighted by atomic mass is 127. The minimum Gasteiger partial charge on any atom is -0.508 e. The average molecular weight is 659 g/mol. The minimum absolute atomic E-state index is 0.0399. The van der Waals surface area contributed by atoms with E-state index < -0.39 is 58.0 Å². The third-order valence-electron chi connectivity index (χ3n) is 8.33. The zero-order chi connectivity index (χ0) is 29.4. The SMILES string of the molecule is CN(C)c1cc(-c2ccc(I)cc2)c(O)c2c1C[C@H]1C[C@H]3[C@H](N(C)C)C(=O)C(C(N)=O)=C(O)[C@@]3(O)C(=O)C1=C2O. The Bertz CT molecular complexity index is 1540. The van der Waals surface area contributed by atoms with Gasteiger partial charge in [-0.1, -0.05) is 12.1 Å². The van der Waals surface area contributed by atoms with E-state index in [1.807, 2.05) is 49.3 Å². The number of halogens is 1. The molecule has 210 valence electrons. The molecule has 0 aliphatic heterocycles. The molecule has 4 atom stereocenters. The molecule has 0 heterocycles. The second-order valence-corrected chi connectivity index (χ2v) is 12.3. The van der Waals surface area contributed by atoms with E-state index >= 15 is 0 Å². The zero-order valence-electron chi connectivity index (χ0n) is 22.4. The van der Waals surface area contributed by atoms with Crippen molar-refractivity contribution in [2.75, 3.05) is 33.1 Å². The van der Waals surface area contributed by atoms with Crippen molar-refractivity contribution in [2.24, 2.45) is 17.6 Å². The maximum Gasteiger partial charge on any atom is 0.255 e. The molecule has 6 N–H and O–H groups in total. The van der Waals surface area contributed by atoms with Crippen LogP contribution < -0.4 is 10.6 Å². The summed E-state index contributed by atoms with van der Waals surface area (Å²) < 4.78 is 1.00. The maximum atomic E-state index is 14.1. The van der Waals surface area contributed by atoms with Gasteiger partial charge in [0.2, 0.25) is 5.78 Å². The number of phenols is 1. The first-order valence-electron chi connectivity index (χ1n) is 12.7. The van der Waals surface area contributed by atoms with Crippen molar-refractivity contribution < 1.29 is 34.8 Å². The van der Waals surface area contributed by atoms with Crippen LogP contribution in [0, 0.1) is 15.4 Å². The Morgan fingerprint density at radius 2 is 1.70 bits per heavy atom. The fourth-order valence-electron chi connectivity index (χ4n) is 6.54. The van der Waals surface area contributed by atoms with Crippen LogP contribution in [0.2, 0.25) is 0 Å². The molecule has 0 saturated heterocycles. The normalized spacial score (nSPS) is 26.0. The summed E-state index contributed by atoms with van der Waals surface area (Å²) in [6, 6.07) is 8.15. The fourth-order valence-corrected chi connectivity index (χ4v) is 6.90. The highest BCUT2D eigenvalue weighted by Crippen LogP contribution is 2.54. The summed E-state index contributed by atoms with van der Waals surface area (Å²) in [7, 11) is 6.81. The molecule has 1 amide bonds. The van der Waals surface area contributed by atoms with Crippen LogP contribution in [0.25, 0.3) is 16.9 Å². The van der Waals surface area contributed by atoms with Crippen molar-refractivity contribution in [1.29, 1.82) is 0 Å². The summed E-state index contributed by atoms with van der Waals surface area (Å²) >= 11 is 2.18. The number of nitrogens with zero attached hydrogens (tertiary/aromatic N) is 2. The molecule has 2 aromatic rings. The summed E-state index contributed by atoms with van der Waals surface area (Å²) in [5.74, 6) is -6.66. The minimum atomic E-state index is -2.67. The first kappa shape index (κ1) is 28.1. The number of hydrogen-bond donors (Lipinski definition) is 5. The Morgan fingerprint density at radius 1 is 1.07 bits per heavy atom. The number of phenolic OH excluding ortho intramolecular Hbond substituents is 1. The van der Waals surface area contributed by atoms with E-state index in [1.165, 1.54) is 4.90 Å². The molecule has 0 aromatic heterocycles. The Kier molecular flexibility index (Phi) is 6.75. The summed E-state index contributed by atoms with van der Waals surface area (Å²) in [6.45, 7) is 0. The monoisotopic (exact) mass is 659 g/mol. The third kappa shape index (κ3) is 3.85. The molecule has 0 bridgehead atoms. The number of nitrogens with two attached hydrogens (primary N) is 1. The van der Waals surface area contributed by atoms with Gasteiger partial charge in [0.15, 0.2) is 11.4 Å². The Balaban J connectivity index is 1.77. The second kappa shape index (κ2) is 9.60. The van der Waals surface area contributed by atoms with Crippen molar-refractivity contribution in [3.8, 4) is 16.9 Å². The number of Topliss-reactive ketones (excluding diaryl/α,β-unsaturated/α-hetero) is 2. The molecule has 11 heteroatoms. The predicted molar refractivity (Wildman–Crippen MR) is 157 cm³/mol. The number of aliphatic hydroxyl groups excluding tert-OH is 2. The van der Waals surface area contributed by atoms with Gasteiger partial charge in [-0.05, 0) is 84.8 Å². The number of hydrogen-bond acceptors (Lipinski definition) is 9. The van der Waals surface area contributed by atoms with Crippen molar-refractivity contribution in [3.05, 3.63) is 61.9 Å². The number of rotatable bonds is 4. The van der Waals surface area contributed by atoms with Crippen LogP contribution in [-0.2, 0) is 20.8 Å². The standard InChI is InChI=1S/C29H30IN3O7/c1-32(2)18-11-15(12-5-7-14(30)8-6-12)23(34)20-16(18)9-13-10-17-22(33(3)4)25(36)21(28(31)39)27(38)29(17,40)26(37)19(13)24(20)35/h5-8,11,13,17,22,34-35,38,40H,9-10H2,1-4H3,(H2,31,39)/t13-,17-,22-,29-/m0/s1. The maximum absolute atomic E-state index is 14.1. The lowest BCUT2D eigenvalue weighted by molar-refractivity contribution is -0.153. The van der Waals surface area contributed by atoms with Gasteiger partial charge in [-0.25, -0.2) is 0 Å². The molecule has 3 aliphatic rings. The van der Waals surface area contributed by atoms with Gasteiger partial charge in [-0.3, -0.25) is 19.3 Å². The average Bonchev–Trinajstić information content (AvgIpc) is 2.86. The number of amides is 1. The summed E-state index contributed by atoms with van der Waals surface area (Å²) in [4.78, 5) is 42.8. The summed E-state index contributed by atoms with van der Waals surface area (Å²) in [6.07, 6.45) is 0.265. The van der Waals surface area contributed by atoms with E-state index in [2.05, 4.69) is 22.6 Å². The van der Waals surface area contributed by atoms with Crippen molar-refractivity contribution >= 4 is 51.5 Å². The van der Waals surface area contributed by atoms with Gasteiger partial charge < -0.3 is 31.1 Å². The number of benzene rings is 2. The first-order valence-corrected chi connectivity index (χ1v) is 13.8. The molecule has 3 aliphatic carbocycles. The number of primary amides is 1. The lowest BCUT2D eigenvalue weighted by Gasteiger charge is -2.50. The van der Waals surface area contributed by atoms with Crippen LogP contribution in [0.1, 0.15) is 17.5 Å². The van der Waals surface area contributed by atoms with Gasteiger partial charge in [-0.15, -0.1) is 0 Å². The fraction of sp³-hybridized carbons (Fsp3) is 0.345. The van der Waals surface area contributed by atoms with Gasteiger partial charge in [0.05, 0.1) is 11.6 Å². The third-order valence-corrected chi connectivity index (χ3v) is 9.05. The number of carbonyl (C=O) groups excluding carboxylic acids is 3. The number of anilines is 1. The number of ketones is 2. The molecule has 1 fully saturated rings. The van der Waals surface area contributed by atoms with Gasteiger partial charge in [0, 0.05) is 40.4 Å². The number of likely N-dealkylation sites (N-methyl/N-ethyl adjacent to an activating group) is 1. The molecule has 0 radical (unpaired) electrons. The Morgan fingerprint density at radius 3 is 2.25 bits per heavy atom. The molecule has 0 spiro atoms. The number of aromatic hydroxyl groups is 1. The van der Waals surface area contributed by atoms with Crippen LogP contribution in [0.3, 0.4) is 0 Å². The van der Waals surface area contributed by atoms with Crippen LogP contribution in [0.15, 0.2) is 47.2 Å². The van der Waals surface area contributed by atoms with Gasteiger partial charge >= 0.3 is 0 Å². The number of carbonyl (C=O) groups is 3. The second-order valence-electron chi connectivity index (χ2n) is 11.0. The largest absolute Gasteiger partial charge is 0.508 e. The Labute approximate surface area is 244 Å². The van der Waals surface area contributed by atoms with Gasteiger partial charge in [0.25, 0.3) is 5.91 Å². The van der Waals surface area contributed by atoms with Crippen LogP contribution in [0.5, 0.6) is 5.75 Å². The van der Waals surface area contributed by atoms with Gasteiger partial charge in [-0.2, -0.15) is 0 Å². The molecule has 40 heavy (non-hydrogen) atoms. The predicted octanol–water partition coefficient (Wildman–Crippen LogP) is 2.30. The highest BCUT2D eigenvalue weighted by Gasteiger charge is 2.64. The molecule has 2 aromatic carbocycles. The molecule has 1 saturated carbocycles. The lowest BCUT2D eigenvalue weighted by Crippen LogP contribution is -2.65. The van der Waals surface area contributed by atoms with Crippen LogP contribution in [-0.4, -0.2) is 82.6 Å². The van der Waals surface area contributed by atoms with E-state index in [4.69, 9.17) is 5.73 Å².